The van der Waals surface area contributed by atoms with Crippen LogP contribution >= 0.6 is 36.2 Å². The number of aromatic nitrogens is 2. The van der Waals surface area contributed by atoms with Gasteiger partial charge in [0.1, 0.15) is 0 Å². The molecule has 1 aliphatic rings. The smallest absolute Gasteiger partial charge is 0.244 e. The number of halogens is 2. The molecule has 2 unspecified atom stereocenters. The standard InChI is InChI=1S/C17H25N5O2S.2ClH/c1-12(18)5-6-15(23)22-9-7-21(8-10-22)13(2)17-19-16(20-24-17)14-4-3-11-25-14;;/h3-4,11-13H,5-10,18H2,1-2H3;2*1H. The highest BCUT2D eigenvalue weighted by Crippen LogP contribution is 2.25. The van der Waals surface area contributed by atoms with Crippen LogP contribution in [0.4, 0.5) is 0 Å². The Hall–Kier alpha value is -1.19. The molecule has 7 nitrogen and oxygen atoms in total. The second-order valence-corrected chi connectivity index (χ2v) is 7.49. The Morgan fingerprint density at radius 3 is 2.59 bits per heavy atom. The number of rotatable bonds is 6. The van der Waals surface area contributed by atoms with Crippen molar-refractivity contribution >= 4 is 42.1 Å². The molecule has 27 heavy (non-hydrogen) atoms. The number of hydrogen-bond acceptors (Lipinski definition) is 7. The number of amides is 1. The second kappa shape index (κ2) is 11.0. The van der Waals surface area contributed by atoms with Crippen LogP contribution in [-0.4, -0.2) is 58.1 Å². The van der Waals surface area contributed by atoms with Gasteiger partial charge in [0.25, 0.3) is 0 Å². The number of carbonyl (C=O) groups excluding carboxylic acids is 1. The summed E-state index contributed by atoms with van der Waals surface area (Å²) < 4.78 is 5.45. The van der Waals surface area contributed by atoms with E-state index >= 15 is 0 Å². The lowest BCUT2D eigenvalue weighted by Crippen LogP contribution is -2.49. The molecule has 1 aliphatic heterocycles. The molecule has 0 spiro atoms. The Kier molecular flexibility index (Phi) is 9.69. The molecule has 0 aliphatic carbocycles. The van der Waals surface area contributed by atoms with E-state index in [0.717, 1.165) is 37.5 Å². The van der Waals surface area contributed by atoms with E-state index in [2.05, 4.69) is 22.0 Å². The molecular formula is C17H27Cl2N5O2S. The van der Waals surface area contributed by atoms with Gasteiger partial charge in [0, 0.05) is 38.6 Å². The predicted molar refractivity (Wildman–Crippen MR) is 112 cm³/mol. The first-order valence-corrected chi connectivity index (χ1v) is 9.57. The minimum absolute atomic E-state index is 0. The molecule has 0 bridgehead atoms. The molecule has 0 saturated carbocycles. The lowest BCUT2D eigenvalue weighted by molar-refractivity contribution is -0.133. The normalized spacial score (nSPS) is 16.9. The van der Waals surface area contributed by atoms with Crippen molar-refractivity contribution in [3.63, 3.8) is 0 Å². The zero-order chi connectivity index (χ0) is 17.8. The van der Waals surface area contributed by atoms with Gasteiger partial charge in [-0.15, -0.1) is 36.2 Å². The van der Waals surface area contributed by atoms with Crippen LogP contribution in [0.3, 0.4) is 0 Å². The molecule has 1 saturated heterocycles. The average Bonchev–Trinajstić information content (AvgIpc) is 3.30. The van der Waals surface area contributed by atoms with E-state index in [9.17, 15) is 4.79 Å². The Bertz CT molecular complexity index is 687. The molecule has 152 valence electrons. The van der Waals surface area contributed by atoms with Gasteiger partial charge in [-0.1, -0.05) is 11.2 Å². The van der Waals surface area contributed by atoms with Gasteiger partial charge in [-0.25, -0.2) is 0 Å². The molecule has 0 aromatic carbocycles. The topological polar surface area (TPSA) is 88.5 Å². The van der Waals surface area contributed by atoms with Gasteiger partial charge >= 0.3 is 0 Å². The van der Waals surface area contributed by atoms with Crippen molar-refractivity contribution in [3.05, 3.63) is 23.4 Å². The maximum Gasteiger partial charge on any atom is 0.244 e. The van der Waals surface area contributed by atoms with Gasteiger partial charge in [-0.2, -0.15) is 4.98 Å². The van der Waals surface area contributed by atoms with Crippen LogP contribution in [0.15, 0.2) is 22.0 Å². The third kappa shape index (κ3) is 6.15. The third-order valence-corrected chi connectivity index (χ3v) is 5.43. The average molecular weight is 436 g/mol. The minimum Gasteiger partial charge on any atom is -0.340 e. The van der Waals surface area contributed by atoms with Crippen molar-refractivity contribution in [2.24, 2.45) is 5.73 Å². The van der Waals surface area contributed by atoms with Crippen LogP contribution in [-0.2, 0) is 4.79 Å². The summed E-state index contributed by atoms with van der Waals surface area (Å²) in [6.07, 6.45) is 1.27. The maximum atomic E-state index is 12.2. The lowest BCUT2D eigenvalue weighted by Gasteiger charge is -2.37. The van der Waals surface area contributed by atoms with Crippen molar-refractivity contribution in [1.29, 1.82) is 0 Å². The molecule has 0 radical (unpaired) electrons. The van der Waals surface area contributed by atoms with Crippen LogP contribution in [0.1, 0.15) is 38.6 Å². The van der Waals surface area contributed by atoms with Crippen molar-refractivity contribution in [2.45, 2.75) is 38.8 Å². The molecule has 2 N–H and O–H groups in total. The van der Waals surface area contributed by atoms with E-state index in [1.54, 1.807) is 11.3 Å². The number of piperazine rings is 1. The summed E-state index contributed by atoms with van der Waals surface area (Å²) in [6.45, 7) is 7.08. The number of hydrogen-bond donors (Lipinski definition) is 1. The predicted octanol–water partition coefficient (Wildman–Crippen LogP) is 2.97. The number of thiophene rings is 1. The van der Waals surface area contributed by atoms with Crippen molar-refractivity contribution < 1.29 is 9.32 Å². The summed E-state index contributed by atoms with van der Waals surface area (Å²) in [5.41, 5.74) is 5.73. The molecule has 2 aromatic heterocycles. The van der Waals surface area contributed by atoms with E-state index in [1.165, 1.54) is 0 Å². The number of carbonyl (C=O) groups is 1. The van der Waals surface area contributed by atoms with E-state index in [4.69, 9.17) is 10.3 Å². The zero-order valence-corrected chi connectivity index (χ0v) is 18.0. The van der Waals surface area contributed by atoms with Gasteiger partial charge in [0.15, 0.2) is 0 Å². The Labute approximate surface area is 176 Å². The first-order valence-electron chi connectivity index (χ1n) is 8.69. The van der Waals surface area contributed by atoms with Gasteiger partial charge in [-0.05, 0) is 31.7 Å². The SMILES string of the molecule is CC(N)CCC(=O)N1CCN(C(C)c2nc(-c3cccs3)no2)CC1.Cl.Cl. The monoisotopic (exact) mass is 435 g/mol. The molecule has 3 heterocycles. The summed E-state index contributed by atoms with van der Waals surface area (Å²) in [7, 11) is 0. The molecule has 2 atom stereocenters. The molecule has 10 heteroatoms. The summed E-state index contributed by atoms with van der Waals surface area (Å²) in [6, 6.07) is 4.07. The van der Waals surface area contributed by atoms with Crippen molar-refractivity contribution in [2.75, 3.05) is 26.2 Å². The Balaban J connectivity index is 0.00000182. The Morgan fingerprint density at radius 2 is 2.00 bits per heavy atom. The number of nitrogens with zero attached hydrogens (tertiary/aromatic N) is 4. The van der Waals surface area contributed by atoms with Crippen LogP contribution in [0.25, 0.3) is 10.7 Å². The van der Waals surface area contributed by atoms with E-state index < -0.39 is 0 Å². The second-order valence-electron chi connectivity index (χ2n) is 6.54. The van der Waals surface area contributed by atoms with E-state index in [1.807, 2.05) is 29.3 Å². The van der Waals surface area contributed by atoms with Crippen molar-refractivity contribution in [1.82, 2.24) is 19.9 Å². The van der Waals surface area contributed by atoms with Gasteiger partial charge in [0.05, 0.1) is 10.9 Å². The Morgan fingerprint density at radius 1 is 1.30 bits per heavy atom. The zero-order valence-electron chi connectivity index (χ0n) is 15.5. The summed E-state index contributed by atoms with van der Waals surface area (Å²) in [4.78, 5) is 21.9. The highest BCUT2D eigenvalue weighted by atomic mass is 35.5. The summed E-state index contributed by atoms with van der Waals surface area (Å²) in [5, 5.41) is 6.08. The highest BCUT2D eigenvalue weighted by molar-refractivity contribution is 7.13. The maximum absolute atomic E-state index is 12.2. The highest BCUT2D eigenvalue weighted by Gasteiger charge is 2.27. The molecule has 2 aromatic rings. The molecule has 1 amide bonds. The first-order chi connectivity index (χ1) is 12.0. The van der Waals surface area contributed by atoms with E-state index in [0.29, 0.717) is 18.1 Å². The van der Waals surface area contributed by atoms with Crippen LogP contribution < -0.4 is 5.73 Å². The molecule has 3 rings (SSSR count). The fraction of sp³-hybridized carbons (Fsp3) is 0.588. The van der Waals surface area contributed by atoms with Gasteiger partial charge in [0.2, 0.25) is 17.6 Å². The summed E-state index contributed by atoms with van der Waals surface area (Å²) >= 11 is 1.60. The lowest BCUT2D eigenvalue weighted by atomic mass is 10.1. The van der Waals surface area contributed by atoms with E-state index in [-0.39, 0.29) is 42.8 Å². The number of nitrogens with two attached hydrogens (primary N) is 1. The van der Waals surface area contributed by atoms with Crippen LogP contribution in [0.5, 0.6) is 0 Å². The first kappa shape index (κ1) is 23.8. The third-order valence-electron chi connectivity index (χ3n) is 4.57. The van der Waals surface area contributed by atoms with Crippen molar-refractivity contribution in [3.8, 4) is 10.7 Å². The van der Waals surface area contributed by atoms with Gasteiger partial charge < -0.3 is 15.2 Å². The van der Waals surface area contributed by atoms with Crippen LogP contribution in [0, 0.1) is 0 Å². The fourth-order valence-corrected chi connectivity index (χ4v) is 3.58. The minimum atomic E-state index is 0. The largest absolute Gasteiger partial charge is 0.340 e. The fourth-order valence-electron chi connectivity index (χ4n) is 2.93. The van der Waals surface area contributed by atoms with Gasteiger partial charge in [-0.3, -0.25) is 9.69 Å². The molecular weight excluding hydrogens is 409 g/mol. The quantitative estimate of drug-likeness (QED) is 0.749. The molecule has 1 fully saturated rings. The summed E-state index contributed by atoms with van der Waals surface area (Å²) in [5.74, 6) is 1.46. The van der Waals surface area contributed by atoms with Crippen LogP contribution in [0.2, 0.25) is 0 Å².